The summed E-state index contributed by atoms with van der Waals surface area (Å²) in [5.74, 6) is 0.681. The highest BCUT2D eigenvalue weighted by molar-refractivity contribution is 5.26. The lowest BCUT2D eigenvalue weighted by Gasteiger charge is -2.18. The molecule has 2 atom stereocenters. The number of hydrogen-bond donors (Lipinski definition) is 0. The third-order valence-electron chi connectivity index (χ3n) is 2.57. The van der Waals surface area contributed by atoms with Crippen LogP contribution in [0.4, 0.5) is 0 Å². The topological polar surface area (TPSA) is 12.5 Å². The van der Waals surface area contributed by atoms with E-state index in [0.29, 0.717) is 12.0 Å². The van der Waals surface area contributed by atoms with Gasteiger partial charge in [0.1, 0.15) is 0 Å². The summed E-state index contributed by atoms with van der Waals surface area (Å²) in [5, 5.41) is 0. The van der Waals surface area contributed by atoms with Gasteiger partial charge in [0.05, 0.1) is 12.7 Å². The van der Waals surface area contributed by atoms with E-state index in [-0.39, 0.29) is 0 Å². The van der Waals surface area contributed by atoms with Crippen molar-refractivity contribution in [1.29, 1.82) is 0 Å². The minimum Gasteiger partial charge on any atom is -0.372 e. The Morgan fingerprint density at radius 1 is 1.36 bits per heavy atom. The monoisotopic (exact) mass is 150 g/mol. The van der Waals surface area contributed by atoms with Crippen LogP contribution in [0.25, 0.3) is 0 Å². The molecule has 1 unspecified atom stereocenters. The molecule has 1 nitrogen and oxygen atoms in total. The van der Waals surface area contributed by atoms with Gasteiger partial charge in [-0.3, -0.25) is 0 Å². The highest BCUT2D eigenvalue weighted by Crippen LogP contribution is 2.34. The molecule has 1 heteroatoms. The average molecular weight is 150 g/mol. The van der Waals surface area contributed by atoms with E-state index in [1.165, 1.54) is 17.6 Å². The number of ether oxygens (including phenoxy) is 1. The molecule has 0 aromatic heterocycles. The predicted octanol–water partition coefficient (Wildman–Crippen LogP) is 2.30. The van der Waals surface area contributed by atoms with Crippen LogP contribution < -0.4 is 0 Å². The summed E-state index contributed by atoms with van der Waals surface area (Å²) in [6.45, 7) is 5.37. The highest BCUT2D eigenvalue weighted by atomic mass is 16.6. The molecule has 2 aliphatic rings. The Balaban J connectivity index is 2.12. The third-order valence-corrected chi connectivity index (χ3v) is 2.57. The van der Waals surface area contributed by atoms with Crippen molar-refractivity contribution >= 4 is 0 Å². The van der Waals surface area contributed by atoms with Crippen LogP contribution in [0.5, 0.6) is 0 Å². The van der Waals surface area contributed by atoms with Crippen LogP contribution in [0, 0.1) is 5.92 Å². The SMILES string of the molecule is CC1=CC=C(C)C([C@H]2CO2)C1. The van der Waals surface area contributed by atoms with Crippen molar-refractivity contribution in [2.75, 3.05) is 6.61 Å². The largest absolute Gasteiger partial charge is 0.372 e. The van der Waals surface area contributed by atoms with Gasteiger partial charge in [-0.05, 0) is 20.3 Å². The van der Waals surface area contributed by atoms with Crippen molar-refractivity contribution in [3.8, 4) is 0 Å². The van der Waals surface area contributed by atoms with Crippen molar-refractivity contribution in [3.63, 3.8) is 0 Å². The zero-order chi connectivity index (χ0) is 7.84. The molecule has 0 N–H and O–H groups in total. The van der Waals surface area contributed by atoms with Gasteiger partial charge < -0.3 is 4.74 Å². The second-order valence-electron chi connectivity index (χ2n) is 3.61. The third kappa shape index (κ3) is 1.38. The van der Waals surface area contributed by atoms with Gasteiger partial charge in [0.15, 0.2) is 0 Å². The maximum atomic E-state index is 5.30. The molecular weight excluding hydrogens is 136 g/mol. The predicted molar refractivity (Wildman–Crippen MR) is 45.4 cm³/mol. The Kier molecular flexibility index (Phi) is 1.61. The molecule has 1 aliphatic carbocycles. The Morgan fingerprint density at radius 3 is 2.73 bits per heavy atom. The molecule has 1 aliphatic heterocycles. The average Bonchev–Trinajstić information content (AvgIpc) is 2.76. The number of epoxide rings is 1. The van der Waals surface area contributed by atoms with E-state index in [4.69, 9.17) is 4.74 Å². The smallest absolute Gasteiger partial charge is 0.0878 e. The van der Waals surface area contributed by atoms with Gasteiger partial charge >= 0.3 is 0 Å². The van der Waals surface area contributed by atoms with Crippen LogP contribution in [-0.2, 0) is 4.74 Å². The first-order chi connectivity index (χ1) is 5.27. The second kappa shape index (κ2) is 2.49. The summed E-state index contributed by atoms with van der Waals surface area (Å²) < 4.78 is 5.30. The van der Waals surface area contributed by atoms with E-state index in [9.17, 15) is 0 Å². The number of rotatable bonds is 1. The first-order valence-corrected chi connectivity index (χ1v) is 4.23. The molecule has 0 radical (unpaired) electrons. The molecule has 1 fully saturated rings. The van der Waals surface area contributed by atoms with Crippen LogP contribution >= 0.6 is 0 Å². The van der Waals surface area contributed by atoms with Gasteiger partial charge in [0.2, 0.25) is 0 Å². The zero-order valence-corrected chi connectivity index (χ0v) is 7.13. The number of allylic oxidation sites excluding steroid dienone is 3. The molecule has 0 saturated carbocycles. The van der Waals surface area contributed by atoms with Gasteiger partial charge in [-0.1, -0.05) is 23.3 Å². The lowest BCUT2D eigenvalue weighted by atomic mass is 9.86. The van der Waals surface area contributed by atoms with Crippen molar-refractivity contribution in [3.05, 3.63) is 23.3 Å². The first-order valence-electron chi connectivity index (χ1n) is 4.23. The van der Waals surface area contributed by atoms with Crippen molar-refractivity contribution in [2.45, 2.75) is 26.4 Å². The highest BCUT2D eigenvalue weighted by Gasteiger charge is 2.34. The molecule has 1 heterocycles. The van der Waals surface area contributed by atoms with E-state index in [1.54, 1.807) is 0 Å². The molecular formula is C10H14O. The minimum atomic E-state index is 0.537. The quantitative estimate of drug-likeness (QED) is 0.522. The summed E-state index contributed by atoms with van der Waals surface area (Å²) >= 11 is 0. The van der Waals surface area contributed by atoms with Gasteiger partial charge in [-0.25, -0.2) is 0 Å². The summed E-state index contributed by atoms with van der Waals surface area (Å²) in [7, 11) is 0. The normalized spacial score (nSPS) is 36.2. The van der Waals surface area contributed by atoms with Gasteiger partial charge in [-0.15, -0.1) is 0 Å². The number of hydrogen-bond acceptors (Lipinski definition) is 1. The van der Waals surface area contributed by atoms with E-state index in [0.717, 1.165) is 6.61 Å². The Bertz CT molecular complexity index is 221. The Morgan fingerprint density at radius 2 is 2.09 bits per heavy atom. The molecule has 1 saturated heterocycles. The first kappa shape index (κ1) is 7.11. The molecule has 0 aromatic carbocycles. The molecule has 11 heavy (non-hydrogen) atoms. The Hall–Kier alpha value is -0.560. The molecule has 0 spiro atoms. The lowest BCUT2D eigenvalue weighted by molar-refractivity contribution is 0.349. The van der Waals surface area contributed by atoms with Gasteiger partial charge in [0.25, 0.3) is 0 Å². The molecule has 60 valence electrons. The molecule has 0 aromatic rings. The van der Waals surface area contributed by atoms with Gasteiger partial charge in [0, 0.05) is 5.92 Å². The van der Waals surface area contributed by atoms with E-state index in [1.807, 2.05) is 0 Å². The second-order valence-corrected chi connectivity index (χ2v) is 3.61. The van der Waals surface area contributed by atoms with E-state index >= 15 is 0 Å². The lowest BCUT2D eigenvalue weighted by Crippen LogP contribution is -2.12. The fourth-order valence-electron chi connectivity index (χ4n) is 1.69. The minimum absolute atomic E-state index is 0.537. The Labute approximate surface area is 67.7 Å². The zero-order valence-electron chi connectivity index (χ0n) is 7.13. The van der Waals surface area contributed by atoms with Crippen LogP contribution in [0.15, 0.2) is 23.3 Å². The van der Waals surface area contributed by atoms with Crippen LogP contribution in [0.2, 0.25) is 0 Å². The van der Waals surface area contributed by atoms with Gasteiger partial charge in [-0.2, -0.15) is 0 Å². The van der Waals surface area contributed by atoms with E-state index in [2.05, 4.69) is 26.0 Å². The standard InChI is InChI=1S/C10H14O/c1-7-3-4-8(2)9(5-7)10-6-11-10/h3-4,9-10H,5-6H2,1-2H3/t9?,10-/m1/s1. The summed E-state index contributed by atoms with van der Waals surface area (Å²) in [4.78, 5) is 0. The van der Waals surface area contributed by atoms with E-state index < -0.39 is 0 Å². The molecule has 0 amide bonds. The van der Waals surface area contributed by atoms with Crippen LogP contribution in [-0.4, -0.2) is 12.7 Å². The molecule has 2 rings (SSSR count). The summed E-state index contributed by atoms with van der Waals surface area (Å²) in [5.41, 5.74) is 2.97. The maximum Gasteiger partial charge on any atom is 0.0878 e. The summed E-state index contributed by atoms with van der Waals surface area (Å²) in [6, 6.07) is 0. The maximum absolute atomic E-state index is 5.30. The fraction of sp³-hybridized carbons (Fsp3) is 0.600. The van der Waals surface area contributed by atoms with Crippen molar-refractivity contribution in [1.82, 2.24) is 0 Å². The summed E-state index contributed by atoms with van der Waals surface area (Å²) in [6.07, 6.45) is 6.18. The fourth-order valence-corrected chi connectivity index (χ4v) is 1.69. The molecule has 0 bridgehead atoms. The van der Waals surface area contributed by atoms with Crippen LogP contribution in [0.3, 0.4) is 0 Å². The van der Waals surface area contributed by atoms with Crippen LogP contribution in [0.1, 0.15) is 20.3 Å². The van der Waals surface area contributed by atoms with Crippen molar-refractivity contribution in [2.24, 2.45) is 5.92 Å². The van der Waals surface area contributed by atoms with Crippen molar-refractivity contribution < 1.29 is 4.74 Å².